The predicted molar refractivity (Wildman–Crippen MR) is 101 cm³/mol. The molecule has 6 nitrogen and oxygen atoms in total. The van der Waals surface area contributed by atoms with Gasteiger partial charge in [-0.15, -0.1) is 12.4 Å². The summed E-state index contributed by atoms with van der Waals surface area (Å²) in [6, 6.07) is 12.1. The molecule has 136 valence electrons. The lowest BCUT2D eigenvalue weighted by atomic mass is 10.1. The number of hydrogen-bond donors (Lipinski definition) is 2. The Balaban J connectivity index is 0.00000312. The monoisotopic (exact) mass is 366 g/mol. The van der Waals surface area contributed by atoms with Crippen molar-refractivity contribution in [2.45, 2.75) is 6.92 Å². The van der Waals surface area contributed by atoms with E-state index in [4.69, 9.17) is 19.9 Å². The molecule has 1 amide bonds. The third-order valence-electron chi connectivity index (χ3n) is 3.31. The minimum absolute atomic E-state index is 0. The normalized spacial score (nSPS) is 9.84. The fourth-order valence-corrected chi connectivity index (χ4v) is 2.15. The van der Waals surface area contributed by atoms with Crippen LogP contribution in [0.25, 0.3) is 0 Å². The molecular weight excluding hydrogens is 344 g/mol. The number of hydrogen-bond acceptors (Lipinski definition) is 5. The number of para-hydroxylation sites is 1. The van der Waals surface area contributed by atoms with Crippen molar-refractivity contribution in [3.05, 3.63) is 48.0 Å². The molecule has 0 aliphatic rings. The lowest BCUT2D eigenvalue weighted by Gasteiger charge is -2.12. The largest absolute Gasteiger partial charge is 0.495 e. The molecular formula is C18H23ClN2O4. The molecule has 0 fully saturated rings. The SMILES string of the molecule is CCOCCOc1ccccc1C(=O)Nc1ccc(OC)c(N)c1.Cl. The molecule has 0 aromatic heterocycles. The first-order valence-electron chi connectivity index (χ1n) is 7.70. The second-order valence-electron chi connectivity index (χ2n) is 4.95. The molecule has 2 aromatic carbocycles. The van der Waals surface area contributed by atoms with Crippen LogP contribution in [0, 0.1) is 0 Å². The number of amides is 1. The fourth-order valence-electron chi connectivity index (χ4n) is 2.15. The fraction of sp³-hybridized carbons (Fsp3) is 0.278. The van der Waals surface area contributed by atoms with E-state index in [0.717, 1.165) is 0 Å². The highest BCUT2D eigenvalue weighted by Gasteiger charge is 2.13. The molecule has 0 spiro atoms. The molecule has 0 aliphatic carbocycles. The highest BCUT2D eigenvalue weighted by atomic mass is 35.5. The Hall–Kier alpha value is -2.44. The number of benzene rings is 2. The predicted octanol–water partition coefficient (Wildman–Crippen LogP) is 3.37. The van der Waals surface area contributed by atoms with Crippen molar-refractivity contribution in [2.75, 3.05) is 38.0 Å². The second kappa shape index (κ2) is 10.4. The number of ether oxygens (including phenoxy) is 3. The van der Waals surface area contributed by atoms with Gasteiger partial charge in [-0.05, 0) is 37.3 Å². The Morgan fingerprint density at radius 3 is 2.56 bits per heavy atom. The van der Waals surface area contributed by atoms with Crippen LogP contribution in [0.4, 0.5) is 11.4 Å². The summed E-state index contributed by atoms with van der Waals surface area (Å²) in [4.78, 5) is 12.5. The van der Waals surface area contributed by atoms with Crippen LogP contribution in [0.1, 0.15) is 17.3 Å². The smallest absolute Gasteiger partial charge is 0.259 e. The van der Waals surface area contributed by atoms with Crippen LogP contribution in [0.3, 0.4) is 0 Å². The van der Waals surface area contributed by atoms with E-state index in [2.05, 4.69) is 5.32 Å². The lowest BCUT2D eigenvalue weighted by molar-refractivity contribution is 0.0998. The molecule has 0 heterocycles. The number of carbonyl (C=O) groups excluding carboxylic acids is 1. The quantitative estimate of drug-likeness (QED) is 0.553. The van der Waals surface area contributed by atoms with Gasteiger partial charge < -0.3 is 25.3 Å². The number of rotatable bonds is 8. The summed E-state index contributed by atoms with van der Waals surface area (Å²) in [6.07, 6.45) is 0. The first kappa shape index (κ1) is 20.6. The number of anilines is 2. The molecule has 2 aromatic rings. The number of nitrogen functional groups attached to an aromatic ring is 1. The summed E-state index contributed by atoms with van der Waals surface area (Å²) in [6.45, 7) is 3.40. The molecule has 3 N–H and O–H groups in total. The van der Waals surface area contributed by atoms with Crippen LogP contribution in [-0.4, -0.2) is 32.8 Å². The Morgan fingerprint density at radius 2 is 1.88 bits per heavy atom. The van der Waals surface area contributed by atoms with Crippen molar-refractivity contribution in [3.8, 4) is 11.5 Å². The summed E-state index contributed by atoms with van der Waals surface area (Å²) in [5.41, 5.74) is 7.34. The molecule has 2 rings (SSSR count). The molecule has 0 unspecified atom stereocenters. The van der Waals surface area contributed by atoms with Crippen molar-refractivity contribution < 1.29 is 19.0 Å². The first-order valence-corrected chi connectivity index (χ1v) is 7.70. The van der Waals surface area contributed by atoms with Crippen molar-refractivity contribution in [2.24, 2.45) is 0 Å². The zero-order valence-corrected chi connectivity index (χ0v) is 15.1. The van der Waals surface area contributed by atoms with E-state index in [1.54, 1.807) is 43.5 Å². The molecule has 0 saturated carbocycles. The highest BCUT2D eigenvalue weighted by molar-refractivity contribution is 6.06. The summed E-state index contributed by atoms with van der Waals surface area (Å²) in [7, 11) is 1.54. The van der Waals surface area contributed by atoms with Gasteiger partial charge in [0.2, 0.25) is 0 Å². The zero-order chi connectivity index (χ0) is 17.4. The summed E-state index contributed by atoms with van der Waals surface area (Å²) < 4.78 is 16.0. The van der Waals surface area contributed by atoms with Gasteiger partial charge in [0.05, 0.1) is 25.0 Å². The standard InChI is InChI=1S/C18H22N2O4.ClH/c1-3-23-10-11-24-16-7-5-4-6-14(16)18(21)20-13-8-9-17(22-2)15(19)12-13;/h4-9,12H,3,10-11,19H2,1-2H3,(H,20,21);1H. The van der Waals surface area contributed by atoms with Crippen molar-refractivity contribution in [1.29, 1.82) is 0 Å². The van der Waals surface area contributed by atoms with Gasteiger partial charge in [0, 0.05) is 12.3 Å². The van der Waals surface area contributed by atoms with Gasteiger partial charge in [-0.2, -0.15) is 0 Å². The summed E-state index contributed by atoms with van der Waals surface area (Å²) in [5, 5.41) is 2.81. The van der Waals surface area contributed by atoms with Crippen LogP contribution < -0.4 is 20.5 Å². The van der Waals surface area contributed by atoms with E-state index in [1.807, 2.05) is 13.0 Å². The van der Waals surface area contributed by atoms with Gasteiger partial charge in [0.15, 0.2) is 0 Å². The van der Waals surface area contributed by atoms with Crippen molar-refractivity contribution in [1.82, 2.24) is 0 Å². The minimum atomic E-state index is -0.272. The maximum atomic E-state index is 12.5. The summed E-state index contributed by atoms with van der Waals surface area (Å²) in [5.74, 6) is 0.801. The summed E-state index contributed by atoms with van der Waals surface area (Å²) >= 11 is 0. The Morgan fingerprint density at radius 1 is 1.12 bits per heavy atom. The molecule has 25 heavy (non-hydrogen) atoms. The van der Waals surface area contributed by atoms with E-state index in [1.165, 1.54) is 0 Å². The number of nitrogens with one attached hydrogen (secondary N) is 1. The van der Waals surface area contributed by atoms with Gasteiger partial charge in [-0.1, -0.05) is 12.1 Å². The van der Waals surface area contributed by atoms with Crippen LogP contribution in [0.15, 0.2) is 42.5 Å². The Labute approximate surface area is 153 Å². The van der Waals surface area contributed by atoms with E-state index in [-0.39, 0.29) is 18.3 Å². The highest BCUT2D eigenvalue weighted by Crippen LogP contribution is 2.26. The van der Waals surface area contributed by atoms with Crippen LogP contribution >= 0.6 is 12.4 Å². The molecule has 0 aliphatic heterocycles. The van der Waals surface area contributed by atoms with E-state index >= 15 is 0 Å². The molecule has 7 heteroatoms. The molecule has 0 radical (unpaired) electrons. The first-order chi connectivity index (χ1) is 11.7. The third-order valence-corrected chi connectivity index (χ3v) is 3.31. The minimum Gasteiger partial charge on any atom is -0.495 e. The molecule has 0 bridgehead atoms. The number of carbonyl (C=O) groups is 1. The van der Waals surface area contributed by atoms with Gasteiger partial charge in [-0.3, -0.25) is 4.79 Å². The second-order valence-corrected chi connectivity index (χ2v) is 4.95. The maximum absolute atomic E-state index is 12.5. The maximum Gasteiger partial charge on any atom is 0.259 e. The van der Waals surface area contributed by atoms with E-state index in [0.29, 0.717) is 48.3 Å². The van der Waals surface area contributed by atoms with Crippen molar-refractivity contribution >= 4 is 29.7 Å². The zero-order valence-electron chi connectivity index (χ0n) is 14.3. The molecule has 0 atom stereocenters. The Bertz CT molecular complexity index is 695. The van der Waals surface area contributed by atoms with Gasteiger partial charge in [0.1, 0.15) is 18.1 Å². The third kappa shape index (κ3) is 5.85. The van der Waals surface area contributed by atoms with Crippen molar-refractivity contribution in [3.63, 3.8) is 0 Å². The van der Waals surface area contributed by atoms with Gasteiger partial charge in [0.25, 0.3) is 5.91 Å². The van der Waals surface area contributed by atoms with Gasteiger partial charge >= 0.3 is 0 Å². The van der Waals surface area contributed by atoms with Crippen LogP contribution in [0.5, 0.6) is 11.5 Å². The number of nitrogens with two attached hydrogens (primary N) is 1. The lowest BCUT2D eigenvalue weighted by Crippen LogP contribution is -2.15. The van der Waals surface area contributed by atoms with E-state index in [9.17, 15) is 4.79 Å². The van der Waals surface area contributed by atoms with Crippen LogP contribution in [0.2, 0.25) is 0 Å². The number of methoxy groups -OCH3 is 1. The van der Waals surface area contributed by atoms with Gasteiger partial charge in [-0.25, -0.2) is 0 Å². The van der Waals surface area contributed by atoms with Crippen LogP contribution in [-0.2, 0) is 4.74 Å². The van der Waals surface area contributed by atoms with E-state index < -0.39 is 0 Å². The molecule has 0 saturated heterocycles. The average molecular weight is 367 g/mol. The number of halogens is 1. The average Bonchev–Trinajstić information content (AvgIpc) is 2.59. The topological polar surface area (TPSA) is 82.8 Å². The Kier molecular flexibility index (Phi) is 8.60.